The van der Waals surface area contributed by atoms with E-state index in [1.807, 2.05) is 0 Å². The Balaban J connectivity index is 2.22. The fourth-order valence-corrected chi connectivity index (χ4v) is 2.72. The average molecular weight is 256 g/mol. The van der Waals surface area contributed by atoms with Crippen molar-refractivity contribution >= 4 is 0 Å². The van der Waals surface area contributed by atoms with Crippen molar-refractivity contribution in [3.8, 4) is 0 Å². The lowest BCUT2D eigenvalue weighted by Crippen LogP contribution is -2.46. The molecule has 2 N–H and O–H groups in total. The van der Waals surface area contributed by atoms with E-state index in [-0.39, 0.29) is 12.1 Å². The van der Waals surface area contributed by atoms with E-state index < -0.39 is 0 Å². The third-order valence-electron chi connectivity index (χ3n) is 4.37. The van der Waals surface area contributed by atoms with Gasteiger partial charge in [-0.2, -0.15) is 0 Å². The summed E-state index contributed by atoms with van der Waals surface area (Å²) >= 11 is 0. The van der Waals surface area contributed by atoms with Crippen LogP contribution < -0.4 is 5.32 Å². The molecule has 0 aromatic carbocycles. The zero-order valence-electron chi connectivity index (χ0n) is 12.8. The van der Waals surface area contributed by atoms with Gasteiger partial charge in [-0.25, -0.2) is 0 Å². The number of aliphatic hydroxyl groups is 1. The van der Waals surface area contributed by atoms with Crippen LogP contribution in [0.2, 0.25) is 0 Å². The SMILES string of the molecule is CCNC(C)(CO)CCCN1CCC(C)(C)CC1. The second-order valence-corrected chi connectivity index (χ2v) is 6.86. The molecule has 0 aromatic heterocycles. The van der Waals surface area contributed by atoms with Gasteiger partial charge in [-0.3, -0.25) is 0 Å². The second kappa shape index (κ2) is 6.88. The first-order valence-corrected chi connectivity index (χ1v) is 7.49. The maximum atomic E-state index is 9.45. The Bertz CT molecular complexity index is 233. The number of nitrogens with one attached hydrogen (secondary N) is 1. The minimum Gasteiger partial charge on any atom is -0.394 e. The van der Waals surface area contributed by atoms with Gasteiger partial charge in [0.05, 0.1) is 6.61 Å². The van der Waals surface area contributed by atoms with Gasteiger partial charge in [0, 0.05) is 5.54 Å². The number of likely N-dealkylation sites (N-methyl/N-ethyl adjacent to an activating group) is 1. The van der Waals surface area contributed by atoms with E-state index in [4.69, 9.17) is 0 Å². The van der Waals surface area contributed by atoms with Crippen molar-refractivity contribution in [2.24, 2.45) is 5.41 Å². The number of nitrogens with zero attached hydrogens (tertiary/aromatic N) is 1. The van der Waals surface area contributed by atoms with Crippen molar-refractivity contribution in [2.75, 3.05) is 32.8 Å². The Labute approximate surface area is 113 Å². The van der Waals surface area contributed by atoms with Gasteiger partial charge in [-0.05, 0) is 64.2 Å². The van der Waals surface area contributed by atoms with Crippen molar-refractivity contribution in [1.82, 2.24) is 10.2 Å². The smallest absolute Gasteiger partial charge is 0.0610 e. The maximum absolute atomic E-state index is 9.45. The van der Waals surface area contributed by atoms with Gasteiger partial charge in [0.1, 0.15) is 0 Å². The van der Waals surface area contributed by atoms with E-state index >= 15 is 0 Å². The molecule has 0 saturated carbocycles. The fourth-order valence-electron chi connectivity index (χ4n) is 2.72. The van der Waals surface area contributed by atoms with E-state index in [1.165, 1.54) is 38.9 Å². The van der Waals surface area contributed by atoms with Gasteiger partial charge in [-0.1, -0.05) is 20.8 Å². The summed E-state index contributed by atoms with van der Waals surface area (Å²) in [6, 6.07) is 0. The van der Waals surface area contributed by atoms with Crippen molar-refractivity contribution in [1.29, 1.82) is 0 Å². The molecule has 0 aliphatic carbocycles. The highest BCUT2D eigenvalue weighted by molar-refractivity contribution is 4.83. The predicted molar refractivity (Wildman–Crippen MR) is 77.9 cm³/mol. The number of hydrogen-bond donors (Lipinski definition) is 2. The Hall–Kier alpha value is -0.120. The van der Waals surface area contributed by atoms with Gasteiger partial charge in [-0.15, -0.1) is 0 Å². The van der Waals surface area contributed by atoms with Crippen molar-refractivity contribution in [3.63, 3.8) is 0 Å². The molecular weight excluding hydrogens is 224 g/mol. The van der Waals surface area contributed by atoms with Crippen LogP contribution in [0.25, 0.3) is 0 Å². The molecule has 108 valence electrons. The van der Waals surface area contributed by atoms with Crippen LogP contribution in [0.5, 0.6) is 0 Å². The summed E-state index contributed by atoms with van der Waals surface area (Å²) in [5.74, 6) is 0. The number of hydrogen-bond acceptors (Lipinski definition) is 3. The van der Waals surface area contributed by atoms with Crippen LogP contribution >= 0.6 is 0 Å². The summed E-state index contributed by atoms with van der Waals surface area (Å²) in [6.45, 7) is 13.8. The van der Waals surface area contributed by atoms with E-state index in [0.29, 0.717) is 5.41 Å². The standard InChI is InChI=1S/C15H32N2O/c1-5-16-15(4,13-18)7-6-10-17-11-8-14(2,3)9-12-17/h16,18H,5-13H2,1-4H3. The van der Waals surface area contributed by atoms with Crippen molar-refractivity contribution in [3.05, 3.63) is 0 Å². The molecule has 3 heteroatoms. The molecule has 3 nitrogen and oxygen atoms in total. The zero-order chi connectivity index (χ0) is 13.6. The molecule has 1 rings (SSSR count). The molecule has 1 atom stereocenters. The summed E-state index contributed by atoms with van der Waals surface area (Å²) in [7, 11) is 0. The van der Waals surface area contributed by atoms with Crippen LogP contribution in [0.1, 0.15) is 53.4 Å². The molecule has 18 heavy (non-hydrogen) atoms. The average Bonchev–Trinajstić information content (AvgIpc) is 2.32. The lowest BCUT2D eigenvalue weighted by Gasteiger charge is -2.37. The predicted octanol–water partition coefficient (Wildman–Crippen LogP) is 2.25. The Morgan fingerprint density at radius 3 is 2.39 bits per heavy atom. The number of rotatable bonds is 7. The molecular formula is C15H32N2O. The van der Waals surface area contributed by atoms with Crippen LogP contribution in [0.3, 0.4) is 0 Å². The normalized spacial score (nSPS) is 23.8. The first-order chi connectivity index (χ1) is 8.41. The highest BCUT2D eigenvalue weighted by Crippen LogP contribution is 2.29. The van der Waals surface area contributed by atoms with Gasteiger partial charge in [0.25, 0.3) is 0 Å². The van der Waals surface area contributed by atoms with Gasteiger partial charge < -0.3 is 15.3 Å². The summed E-state index contributed by atoms with van der Waals surface area (Å²) in [4.78, 5) is 2.58. The van der Waals surface area contributed by atoms with E-state index in [0.717, 1.165) is 13.0 Å². The van der Waals surface area contributed by atoms with E-state index in [2.05, 4.69) is 37.9 Å². The van der Waals surface area contributed by atoms with Gasteiger partial charge in [0.2, 0.25) is 0 Å². The number of likely N-dealkylation sites (tertiary alicyclic amines) is 1. The maximum Gasteiger partial charge on any atom is 0.0610 e. The summed E-state index contributed by atoms with van der Waals surface area (Å²) in [5.41, 5.74) is 0.448. The van der Waals surface area contributed by atoms with Crippen molar-refractivity contribution < 1.29 is 5.11 Å². The number of aliphatic hydroxyl groups excluding tert-OH is 1. The van der Waals surface area contributed by atoms with Crippen LogP contribution in [0.15, 0.2) is 0 Å². The summed E-state index contributed by atoms with van der Waals surface area (Å²) in [6.07, 6.45) is 4.86. The molecule has 0 amide bonds. The highest BCUT2D eigenvalue weighted by Gasteiger charge is 2.26. The van der Waals surface area contributed by atoms with Crippen LogP contribution in [0, 0.1) is 5.41 Å². The van der Waals surface area contributed by atoms with Crippen LogP contribution in [-0.4, -0.2) is 48.3 Å². The third kappa shape index (κ3) is 5.25. The third-order valence-corrected chi connectivity index (χ3v) is 4.37. The van der Waals surface area contributed by atoms with E-state index in [9.17, 15) is 5.11 Å². The Morgan fingerprint density at radius 2 is 1.89 bits per heavy atom. The molecule has 0 radical (unpaired) electrons. The molecule has 0 aromatic rings. The van der Waals surface area contributed by atoms with Crippen LogP contribution in [0.4, 0.5) is 0 Å². The summed E-state index contributed by atoms with van der Waals surface area (Å²) < 4.78 is 0. The largest absolute Gasteiger partial charge is 0.394 e. The topological polar surface area (TPSA) is 35.5 Å². The molecule has 1 unspecified atom stereocenters. The zero-order valence-corrected chi connectivity index (χ0v) is 12.8. The minimum atomic E-state index is -0.0934. The highest BCUT2D eigenvalue weighted by atomic mass is 16.3. The molecule has 1 aliphatic rings. The van der Waals surface area contributed by atoms with Gasteiger partial charge in [0.15, 0.2) is 0 Å². The first-order valence-electron chi connectivity index (χ1n) is 7.49. The Kier molecular flexibility index (Phi) is 6.09. The van der Waals surface area contributed by atoms with E-state index in [1.54, 1.807) is 0 Å². The molecule has 1 heterocycles. The monoisotopic (exact) mass is 256 g/mol. The molecule has 1 saturated heterocycles. The fraction of sp³-hybridized carbons (Fsp3) is 1.00. The number of piperidine rings is 1. The second-order valence-electron chi connectivity index (χ2n) is 6.86. The molecule has 0 spiro atoms. The van der Waals surface area contributed by atoms with Crippen molar-refractivity contribution in [2.45, 2.75) is 58.9 Å². The lowest BCUT2D eigenvalue weighted by atomic mass is 9.82. The summed E-state index contributed by atoms with van der Waals surface area (Å²) in [5, 5.41) is 12.8. The quantitative estimate of drug-likeness (QED) is 0.733. The minimum absolute atomic E-state index is 0.0934. The molecule has 1 aliphatic heterocycles. The lowest BCUT2D eigenvalue weighted by molar-refractivity contribution is 0.120. The van der Waals surface area contributed by atoms with Crippen LogP contribution in [-0.2, 0) is 0 Å². The molecule has 0 bridgehead atoms. The van der Waals surface area contributed by atoms with Gasteiger partial charge >= 0.3 is 0 Å². The first kappa shape index (κ1) is 15.9. The molecule has 1 fully saturated rings. The Morgan fingerprint density at radius 1 is 1.28 bits per heavy atom.